The lowest BCUT2D eigenvalue weighted by Crippen LogP contribution is -2.43. The maximum atomic E-state index is 12.2. The molecule has 1 aliphatic heterocycles. The minimum Gasteiger partial charge on any atom is -0.349 e. The third-order valence-corrected chi connectivity index (χ3v) is 3.89. The summed E-state index contributed by atoms with van der Waals surface area (Å²) in [5.74, 6) is 0.566. The van der Waals surface area contributed by atoms with Crippen molar-refractivity contribution in [1.29, 1.82) is 0 Å². The number of piperidine rings is 1. The molecule has 0 radical (unpaired) electrons. The highest BCUT2D eigenvalue weighted by Gasteiger charge is 2.18. The molecule has 1 aromatic carbocycles. The molecule has 0 saturated carbocycles. The first-order valence-electron chi connectivity index (χ1n) is 7.15. The van der Waals surface area contributed by atoms with Crippen molar-refractivity contribution in [3.05, 3.63) is 35.4 Å². The number of benzene rings is 1. The van der Waals surface area contributed by atoms with E-state index < -0.39 is 0 Å². The molecule has 19 heavy (non-hydrogen) atoms. The van der Waals surface area contributed by atoms with E-state index >= 15 is 0 Å². The second kappa shape index (κ2) is 6.20. The smallest absolute Gasteiger partial charge is 0.251 e. The summed E-state index contributed by atoms with van der Waals surface area (Å²) in [6.07, 6.45) is 2.10. The molecular weight excluding hydrogens is 236 g/mol. The Morgan fingerprint density at radius 2 is 1.79 bits per heavy atom. The van der Waals surface area contributed by atoms with Crippen molar-refractivity contribution < 1.29 is 4.79 Å². The molecule has 3 heteroatoms. The highest BCUT2D eigenvalue weighted by atomic mass is 16.1. The van der Waals surface area contributed by atoms with Crippen LogP contribution in [-0.2, 0) is 0 Å². The summed E-state index contributed by atoms with van der Waals surface area (Å²) in [7, 11) is 2.13. The zero-order chi connectivity index (χ0) is 13.8. The van der Waals surface area contributed by atoms with E-state index in [0.717, 1.165) is 31.5 Å². The normalized spacial score (nSPS) is 17.7. The van der Waals surface area contributed by atoms with E-state index in [1.807, 2.05) is 24.3 Å². The molecule has 0 aliphatic carbocycles. The molecule has 0 spiro atoms. The Balaban J connectivity index is 1.92. The van der Waals surface area contributed by atoms with Crippen molar-refractivity contribution in [2.24, 2.45) is 0 Å². The quantitative estimate of drug-likeness (QED) is 0.906. The van der Waals surface area contributed by atoms with Crippen LogP contribution in [0.3, 0.4) is 0 Å². The molecule has 0 atom stereocenters. The molecule has 1 N–H and O–H groups in total. The van der Waals surface area contributed by atoms with Gasteiger partial charge in [-0.05, 0) is 56.6 Å². The zero-order valence-corrected chi connectivity index (χ0v) is 12.1. The van der Waals surface area contributed by atoms with E-state index in [1.54, 1.807) is 0 Å². The van der Waals surface area contributed by atoms with Crippen LogP contribution in [0, 0.1) is 0 Å². The van der Waals surface area contributed by atoms with Gasteiger partial charge in [0.1, 0.15) is 0 Å². The number of carbonyl (C=O) groups excluding carboxylic acids is 1. The van der Waals surface area contributed by atoms with Gasteiger partial charge in [-0.3, -0.25) is 4.79 Å². The summed E-state index contributed by atoms with van der Waals surface area (Å²) in [4.78, 5) is 14.5. The molecule has 1 amide bonds. The van der Waals surface area contributed by atoms with Crippen molar-refractivity contribution in [2.75, 3.05) is 20.1 Å². The predicted octanol–water partition coefficient (Wildman–Crippen LogP) is 2.63. The van der Waals surface area contributed by atoms with Crippen molar-refractivity contribution in [3.63, 3.8) is 0 Å². The molecular formula is C16H24N2O. The van der Waals surface area contributed by atoms with Gasteiger partial charge in [0.05, 0.1) is 0 Å². The molecule has 1 aliphatic rings. The van der Waals surface area contributed by atoms with Gasteiger partial charge in [-0.2, -0.15) is 0 Å². The molecule has 0 unspecified atom stereocenters. The molecule has 1 fully saturated rings. The van der Waals surface area contributed by atoms with Gasteiger partial charge in [0, 0.05) is 11.6 Å². The fourth-order valence-corrected chi connectivity index (χ4v) is 2.44. The van der Waals surface area contributed by atoms with Crippen molar-refractivity contribution >= 4 is 5.91 Å². The second-order valence-electron chi connectivity index (χ2n) is 5.83. The van der Waals surface area contributed by atoms with Crippen LogP contribution >= 0.6 is 0 Å². The number of nitrogens with zero attached hydrogens (tertiary/aromatic N) is 1. The summed E-state index contributed by atoms with van der Waals surface area (Å²) in [5.41, 5.74) is 2.04. The Morgan fingerprint density at radius 3 is 2.32 bits per heavy atom. The zero-order valence-electron chi connectivity index (χ0n) is 12.1. The number of nitrogens with one attached hydrogen (secondary N) is 1. The number of carbonyl (C=O) groups is 1. The van der Waals surface area contributed by atoms with Crippen molar-refractivity contribution in [2.45, 2.75) is 38.6 Å². The summed E-state index contributed by atoms with van der Waals surface area (Å²) < 4.78 is 0. The van der Waals surface area contributed by atoms with E-state index in [0.29, 0.717) is 12.0 Å². The number of rotatable bonds is 3. The third kappa shape index (κ3) is 3.80. The number of amides is 1. The van der Waals surface area contributed by atoms with Crippen LogP contribution in [0.1, 0.15) is 48.5 Å². The maximum absolute atomic E-state index is 12.2. The highest BCUT2D eigenvalue weighted by molar-refractivity contribution is 5.94. The van der Waals surface area contributed by atoms with Crippen LogP contribution in [0.15, 0.2) is 24.3 Å². The van der Waals surface area contributed by atoms with Gasteiger partial charge >= 0.3 is 0 Å². The molecule has 1 heterocycles. The fraction of sp³-hybridized carbons (Fsp3) is 0.562. The Kier molecular flexibility index (Phi) is 4.59. The number of hydrogen-bond acceptors (Lipinski definition) is 2. The molecule has 1 aromatic rings. The maximum Gasteiger partial charge on any atom is 0.251 e. The minimum absolute atomic E-state index is 0.0601. The highest BCUT2D eigenvalue weighted by Crippen LogP contribution is 2.15. The van der Waals surface area contributed by atoms with E-state index in [1.165, 1.54) is 5.56 Å². The van der Waals surface area contributed by atoms with Crippen LogP contribution in [0.5, 0.6) is 0 Å². The Morgan fingerprint density at radius 1 is 1.21 bits per heavy atom. The van der Waals surface area contributed by atoms with Gasteiger partial charge in [-0.1, -0.05) is 26.0 Å². The standard InChI is InChI=1S/C16H24N2O/c1-12(2)13-4-6-14(7-5-13)16(19)17-15-8-10-18(3)11-9-15/h4-7,12,15H,8-11H2,1-3H3,(H,17,19). The average Bonchev–Trinajstić information content (AvgIpc) is 2.41. The Labute approximate surface area is 116 Å². The van der Waals surface area contributed by atoms with E-state index in [2.05, 4.69) is 31.1 Å². The third-order valence-electron chi connectivity index (χ3n) is 3.89. The SMILES string of the molecule is CC(C)c1ccc(C(=O)NC2CCN(C)CC2)cc1. The van der Waals surface area contributed by atoms with Crippen LogP contribution in [0.2, 0.25) is 0 Å². The lowest BCUT2D eigenvalue weighted by Gasteiger charge is -2.29. The van der Waals surface area contributed by atoms with Crippen molar-refractivity contribution in [1.82, 2.24) is 10.2 Å². The first kappa shape index (κ1) is 14.1. The summed E-state index contributed by atoms with van der Waals surface area (Å²) >= 11 is 0. The van der Waals surface area contributed by atoms with Gasteiger partial charge in [-0.25, -0.2) is 0 Å². The lowest BCUT2D eigenvalue weighted by molar-refractivity contribution is 0.0917. The molecule has 1 saturated heterocycles. The summed E-state index contributed by atoms with van der Waals surface area (Å²) in [6.45, 7) is 6.45. The largest absolute Gasteiger partial charge is 0.349 e. The summed E-state index contributed by atoms with van der Waals surface area (Å²) in [5, 5.41) is 3.14. The molecule has 104 valence electrons. The van der Waals surface area contributed by atoms with Crippen LogP contribution in [0.4, 0.5) is 0 Å². The molecule has 3 nitrogen and oxygen atoms in total. The van der Waals surface area contributed by atoms with Gasteiger partial charge in [0.2, 0.25) is 0 Å². The number of likely N-dealkylation sites (tertiary alicyclic amines) is 1. The van der Waals surface area contributed by atoms with Crippen LogP contribution < -0.4 is 5.32 Å². The van der Waals surface area contributed by atoms with Crippen molar-refractivity contribution in [3.8, 4) is 0 Å². The Hall–Kier alpha value is -1.35. The van der Waals surface area contributed by atoms with E-state index in [4.69, 9.17) is 0 Å². The Bertz CT molecular complexity index is 417. The van der Waals surface area contributed by atoms with Gasteiger partial charge in [0.15, 0.2) is 0 Å². The van der Waals surface area contributed by atoms with Crippen LogP contribution in [-0.4, -0.2) is 37.0 Å². The lowest BCUT2D eigenvalue weighted by atomic mass is 10.0. The van der Waals surface area contributed by atoms with Gasteiger partial charge < -0.3 is 10.2 Å². The minimum atomic E-state index is 0.0601. The first-order chi connectivity index (χ1) is 9.06. The molecule has 2 rings (SSSR count). The van der Waals surface area contributed by atoms with E-state index in [-0.39, 0.29) is 5.91 Å². The van der Waals surface area contributed by atoms with E-state index in [9.17, 15) is 4.79 Å². The number of hydrogen-bond donors (Lipinski definition) is 1. The molecule has 0 aromatic heterocycles. The first-order valence-corrected chi connectivity index (χ1v) is 7.15. The van der Waals surface area contributed by atoms with Gasteiger partial charge in [-0.15, -0.1) is 0 Å². The summed E-state index contributed by atoms with van der Waals surface area (Å²) in [6, 6.07) is 8.29. The fourth-order valence-electron chi connectivity index (χ4n) is 2.44. The molecule has 0 bridgehead atoms. The second-order valence-corrected chi connectivity index (χ2v) is 5.83. The topological polar surface area (TPSA) is 32.3 Å². The predicted molar refractivity (Wildman–Crippen MR) is 78.5 cm³/mol. The van der Waals surface area contributed by atoms with Gasteiger partial charge in [0.25, 0.3) is 5.91 Å². The van der Waals surface area contributed by atoms with Crippen LogP contribution in [0.25, 0.3) is 0 Å². The average molecular weight is 260 g/mol. The monoisotopic (exact) mass is 260 g/mol.